The Balaban J connectivity index is 1.56. The number of halogens is 2. The highest BCUT2D eigenvalue weighted by Gasteiger charge is 2.40. The van der Waals surface area contributed by atoms with E-state index in [-0.39, 0.29) is 36.8 Å². The molecule has 10 nitrogen and oxygen atoms in total. The molecule has 0 saturated carbocycles. The summed E-state index contributed by atoms with van der Waals surface area (Å²) >= 11 is 6.00. The highest BCUT2D eigenvalue weighted by Crippen LogP contribution is 2.29. The van der Waals surface area contributed by atoms with E-state index in [4.69, 9.17) is 26.3 Å². The molecule has 2 atom stereocenters. The van der Waals surface area contributed by atoms with Crippen LogP contribution in [0.1, 0.15) is 24.6 Å². The van der Waals surface area contributed by atoms with Gasteiger partial charge in [0.2, 0.25) is 11.8 Å². The first-order valence-electron chi connectivity index (χ1n) is 12.2. The van der Waals surface area contributed by atoms with Gasteiger partial charge in [-0.15, -0.1) is 0 Å². The summed E-state index contributed by atoms with van der Waals surface area (Å²) in [5, 5.41) is 12.6. The second-order valence-electron chi connectivity index (χ2n) is 9.05. The molecule has 0 aliphatic carbocycles. The van der Waals surface area contributed by atoms with Gasteiger partial charge in [0, 0.05) is 35.9 Å². The summed E-state index contributed by atoms with van der Waals surface area (Å²) in [5.41, 5.74) is 1.17. The van der Waals surface area contributed by atoms with Crippen LogP contribution >= 0.6 is 11.6 Å². The second kappa shape index (κ2) is 12.4. The number of nitrogens with one attached hydrogen (secondary N) is 1. The van der Waals surface area contributed by atoms with Crippen molar-refractivity contribution in [3.05, 3.63) is 82.8 Å². The fraction of sp³-hybridized carbons (Fsp3) is 0.250. The van der Waals surface area contributed by atoms with E-state index in [0.29, 0.717) is 10.7 Å². The summed E-state index contributed by atoms with van der Waals surface area (Å²) in [5.74, 6) is -2.54. The van der Waals surface area contributed by atoms with Crippen LogP contribution in [-0.4, -0.2) is 52.5 Å². The highest BCUT2D eigenvalue weighted by molar-refractivity contribution is 6.30. The Morgan fingerprint density at radius 2 is 1.98 bits per heavy atom. The van der Waals surface area contributed by atoms with Crippen LogP contribution in [0.4, 0.5) is 14.9 Å². The molecule has 1 aliphatic rings. The molecule has 1 saturated heterocycles. The van der Waals surface area contributed by atoms with Gasteiger partial charge in [-0.3, -0.25) is 19.4 Å². The molecule has 1 unspecified atom stereocenters. The normalized spacial score (nSPS) is 15.8. The van der Waals surface area contributed by atoms with Gasteiger partial charge >= 0.3 is 12.0 Å². The standard InChI is InChI=1S/C28H25ClFN5O5/c1-17(27(37)39-2)15-35-26(36)13-24(34(28(35)38)16-18-6-8-19(29)9-7-18)32-20-10-11-23(22(30)12-20)40-25-5-3-4-21(14-31)33-25/h3-12,17,24,32H,13,15-16H2,1-2H3/t17-,24?/m0/s1. The van der Waals surface area contributed by atoms with Crippen LogP contribution < -0.4 is 10.1 Å². The molecule has 1 aromatic heterocycles. The smallest absolute Gasteiger partial charge is 0.328 e. The number of benzene rings is 2. The Morgan fingerprint density at radius 3 is 2.65 bits per heavy atom. The lowest BCUT2D eigenvalue weighted by atomic mass is 10.1. The van der Waals surface area contributed by atoms with Gasteiger partial charge in [-0.1, -0.05) is 36.7 Å². The second-order valence-corrected chi connectivity index (χ2v) is 9.49. The van der Waals surface area contributed by atoms with E-state index < -0.39 is 35.8 Å². The van der Waals surface area contributed by atoms with Gasteiger partial charge in [-0.2, -0.15) is 5.26 Å². The molecule has 1 aliphatic heterocycles. The van der Waals surface area contributed by atoms with Crippen molar-refractivity contribution < 1.29 is 28.2 Å². The number of carbonyl (C=O) groups is 3. The van der Waals surface area contributed by atoms with Crippen molar-refractivity contribution in [3.63, 3.8) is 0 Å². The van der Waals surface area contributed by atoms with E-state index in [2.05, 4.69) is 10.3 Å². The number of imide groups is 1. The van der Waals surface area contributed by atoms with Crippen molar-refractivity contribution in [2.24, 2.45) is 5.92 Å². The number of urea groups is 1. The molecular weight excluding hydrogens is 541 g/mol. The topological polar surface area (TPSA) is 125 Å². The molecule has 206 valence electrons. The van der Waals surface area contributed by atoms with E-state index in [0.717, 1.165) is 10.5 Å². The predicted octanol–water partition coefficient (Wildman–Crippen LogP) is 4.94. The third-order valence-electron chi connectivity index (χ3n) is 6.17. The van der Waals surface area contributed by atoms with E-state index in [1.807, 2.05) is 6.07 Å². The lowest BCUT2D eigenvalue weighted by molar-refractivity contribution is -0.146. The molecule has 40 heavy (non-hydrogen) atoms. The van der Waals surface area contributed by atoms with Crippen molar-refractivity contribution in [1.29, 1.82) is 5.26 Å². The monoisotopic (exact) mass is 565 g/mol. The molecule has 0 radical (unpaired) electrons. The summed E-state index contributed by atoms with van der Waals surface area (Å²) in [4.78, 5) is 44.9. The van der Waals surface area contributed by atoms with Crippen molar-refractivity contribution in [2.45, 2.75) is 26.1 Å². The minimum atomic E-state index is -0.819. The summed E-state index contributed by atoms with van der Waals surface area (Å²) < 4.78 is 25.2. The van der Waals surface area contributed by atoms with E-state index >= 15 is 0 Å². The summed E-state index contributed by atoms with van der Waals surface area (Å²) in [7, 11) is 1.24. The van der Waals surface area contributed by atoms with Crippen molar-refractivity contribution in [3.8, 4) is 17.7 Å². The van der Waals surface area contributed by atoms with Crippen molar-refractivity contribution in [1.82, 2.24) is 14.8 Å². The average molecular weight is 566 g/mol. The Morgan fingerprint density at radius 1 is 1.23 bits per heavy atom. The fourth-order valence-electron chi connectivity index (χ4n) is 4.12. The Labute approximate surface area is 234 Å². The fourth-order valence-corrected chi connectivity index (χ4v) is 4.24. The summed E-state index contributed by atoms with van der Waals surface area (Å²) in [6, 6.07) is 16.8. The number of rotatable bonds is 9. The zero-order chi connectivity index (χ0) is 28.8. The summed E-state index contributed by atoms with van der Waals surface area (Å²) in [6.45, 7) is 1.54. The third kappa shape index (κ3) is 6.65. The molecule has 12 heteroatoms. The average Bonchev–Trinajstić information content (AvgIpc) is 2.95. The predicted molar refractivity (Wildman–Crippen MR) is 143 cm³/mol. The van der Waals surface area contributed by atoms with Crippen LogP contribution in [-0.2, 0) is 20.9 Å². The van der Waals surface area contributed by atoms with Crippen LogP contribution in [0, 0.1) is 23.1 Å². The van der Waals surface area contributed by atoms with Gasteiger partial charge < -0.3 is 14.8 Å². The lowest BCUT2D eigenvalue weighted by Gasteiger charge is -2.41. The Bertz CT molecular complexity index is 1460. The maximum atomic E-state index is 15.0. The quantitative estimate of drug-likeness (QED) is 0.362. The number of anilines is 1. The van der Waals surface area contributed by atoms with Gasteiger partial charge in [0.25, 0.3) is 0 Å². The van der Waals surface area contributed by atoms with Crippen LogP contribution in [0.2, 0.25) is 5.02 Å². The number of esters is 1. The molecule has 2 heterocycles. The van der Waals surface area contributed by atoms with E-state index in [1.165, 1.54) is 42.3 Å². The number of hydrogen-bond donors (Lipinski definition) is 1. The molecular formula is C28H25ClFN5O5. The maximum Gasteiger partial charge on any atom is 0.328 e. The van der Waals surface area contributed by atoms with Gasteiger partial charge in [0.15, 0.2) is 11.6 Å². The minimum Gasteiger partial charge on any atom is -0.469 e. The number of aromatic nitrogens is 1. The van der Waals surface area contributed by atoms with Crippen LogP contribution in [0.25, 0.3) is 0 Å². The number of amides is 3. The molecule has 3 amide bonds. The molecule has 2 aromatic carbocycles. The first kappa shape index (κ1) is 28.3. The molecule has 3 aromatic rings. The van der Waals surface area contributed by atoms with Gasteiger partial charge in [-0.05, 0) is 35.9 Å². The Hall–Kier alpha value is -4.69. The number of methoxy groups -OCH3 is 1. The van der Waals surface area contributed by atoms with Gasteiger partial charge in [0.05, 0.1) is 19.4 Å². The number of hydrogen-bond acceptors (Lipinski definition) is 8. The SMILES string of the molecule is COC(=O)[C@@H](C)CN1C(=O)CC(Nc2ccc(Oc3cccc(C#N)n3)c(F)c2)N(Cc2ccc(Cl)cc2)C1=O. The van der Waals surface area contributed by atoms with Gasteiger partial charge in [-0.25, -0.2) is 14.2 Å². The molecule has 1 N–H and O–H groups in total. The number of ether oxygens (including phenoxy) is 2. The summed E-state index contributed by atoms with van der Waals surface area (Å²) in [6.07, 6.45) is -0.946. The number of carbonyl (C=O) groups excluding carboxylic acids is 3. The first-order valence-corrected chi connectivity index (χ1v) is 12.6. The molecule has 0 spiro atoms. The lowest BCUT2D eigenvalue weighted by Crippen LogP contribution is -2.59. The Kier molecular flexibility index (Phi) is 8.81. The van der Waals surface area contributed by atoms with Crippen LogP contribution in [0.3, 0.4) is 0 Å². The zero-order valence-electron chi connectivity index (χ0n) is 21.6. The molecule has 1 fully saturated rings. The number of nitrogens with zero attached hydrogens (tertiary/aromatic N) is 4. The number of pyridine rings is 1. The first-order chi connectivity index (χ1) is 19.2. The number of nitriles is 1. The van der Waals surface area contributed by atoms with E-state index in [1.54, 1.807) is 37.3 Å². The molecule has 4 rings (SSSR count). The van der Waals surface area contributed by atoms with Crippen molar-refractivity contribution >= 4 is 35.2 Å². The highest BCUT2D eigenvalue weighted by atomic mass is 35.5. The van der Waals surface area contributed by atoms with Gasteiger partial charge in [0.1, 0.15) is 17.9 Å². The maximum absolute atomic E-state index is 15.0. The largest absolute Gasteiger partial charge is 0.469 e. The minimum absolute atomic E-state index is 0.0533. The third-order valence-corrected chi connectivity index (χ3v) is 6.42. The van der Waals surface area contributed by atoms with Crippen LogP contribution in [0.5, 0.6) is 11.6 Å². The zero-order valence-corrected chi connectivity index (χ0v) is 22.4. The van der Waals surface area contributed by atoms with Crippen LogP contribution in [0.15, 0.2) is 60.7 Å². The van der Waals surface area contributed by atoms with E-state index in [9.17, 15) is 18.8 Å². The molecule has 0 bridgehead atoms. The van der Waals surface area contributed by atoms with Crippen molar-refractivity contribution in [2.75, 3.05) is 19.0 Å².